The first-order valence-electron chi connectivity index (χ1n) is 6.40. The molecule has 0 radical (unpaired) electrons. The van der Waals surface area contributed by atoms with Gasteiger partial charge in [0.2, 0.25) is 0 Å². The highest BCUT2D eigenvalue weighted by atomic mass is 16.6. The van der Waals surface area contributed by atoms with E-state index in [4.69, 9.17) is 4.74 Å². The van der Waals surface area contributed by atoms with Crippen LogP contribution < -0.4 is 0 Å². The highest BCUT2D eigenvalue weighted by Gasteiger charge is 2.33. The van der Waals surface area contributed by atoms with Crippen molar-refractivity contribution in [2.24, 2.45) is 5.92 Å². The van der Waals surface area contributed by atoms with Gasteiger partial charge in [-0.1, -0.05) is 6.58 Å². The van der Waals surface area contributed by atoms with Crippen LogP contribution in [0.3, 0.4) is 0 Å². The summed E-state index contributed by atoms with van der Waals surface area (Å²) in [5, 5.41) is 0. The molecule has 0 aromatic rings. The van der Waals surface area contributed by atoms with Gasteiger partial charge in [-0.2, -0.15) is 0 Å². The van der Waals surface area contributed by atoms with Crippen molar-refractivity contribution >= 4 is 11.9 Å². The fourth-order valence-electron chi connectivity index (χ4n) is 2.19. The highest BCUT2D eigenvalue weighted by Crippen LogP contribution is 2.25. The first-order chi connectivity index (χ1) is 8.24. The van der Waals surface area contributed by atoms with Crippen LogP contribution in [0, 0.1) is 5.92 Å². The van der Waals surface area contributed by atoms with Crippen molar-refractivity contribution < 1.29 is 14.3 Å². The molecule has 4 heteroatoms. The lowest BCUT2D eigenvalue weighted by Crippen LogP contribution is -2.47. The standard InChI is InChI=1S/C14H23NO3/c1-6-12(16)11-7-8-15(10(2)9-11)13(17)18-14(3,4)5/h6,10-11H,1,7-9H2,2-5H3/t10-,11-/m1/s1. The molecule has 1 amide bonds. The van der Waals surface area contributed by atoms with Crippen LogP contribution in [-0.4, -0.2) is 35.0 Å². The Morgan fingerprint density at radius 3 is 2.44 bits per heavy atom. The van der Waals surface area contributed by atoms with Gasteiger partial charge in [0.15, 0.2) is 5.78 Å². The van der Waals surface area contributed by atoms with Crippen molar-refractivity contribution in [3.63, 3.8) is 0 Å². The lowest BCUT2D eigenvalue weighted by atomic mass is 9.88. The third-order valence-corrected chi connectivity index (χ3v) is 3.11. The molecular formula is C14H23NO3. The zero-order valence-electron chi connectivity index (χ0n) is 11.7. The highest BCUT2D eigenvalue weighted by molar-refractivity contribution is 5.91. The monoisotopic (exact) mass is 253 g/mol. The molecule has 0 aromatic carbocycles. The van der Waals surface area contributed by atoms with Gasteiger partial charge >= 0.3 is 6.09 Å². The Bertz CT molecular complexity index is 343. The number of allylic oxidation sites excluding steroid dienone is 1. The number of ketones is 1. The predicted octanol–water partition coefficient (Wildman–Crippen LogP) is 2.78. The lowest BCUT2D eigenvalue weighted by Gasteiger charge is -2.37. The molecule has 102 valence electrons. The summed E-state index contributed by atoms with van der Waals surface area (Å²) in [5.74, 6) is 0.0712. The maximum Gasteiger partial charge on any atom is 0.410 e. The van der Waals surface area contributed by atoms with E-state index >= 15 is 0 Å². The van der Waals surface area contributed by atoms with Gasteiger partial charge in [0.05, 0.1) is 0 Å². The number of piperidine rings is 1. The smallest absolute Gasteiger partial charge is 0.410 e. The Kier molecular flexibility index (Phi) is 4.54. The average Bonchev–Trinajstić information content (AvgIpc) is 2.25. The van der Waals surface area contributed by atoms with E-state index < -0.39 is 5.60 Å². The van der Waals surface area contributed by atoms with Crippen LogP contribution >= 0.6 is 0 Å². The minimum absolute atomic E-state index is 0.00353. The van der Waals surface area contributed by atoms with E-state index in [1.165, 1.54) is 6.08 Å². The van der Waals surface area contributed by atoms with Crippen molar-refractivity contribution in [2.75, 3.05) is 6.54 Å². The fraction of sp³-hybridized carbons (Fsp3) is 0.714. The normalized spacial score (nSPS) is 24.6. The van der Waals surface area contributed by atoms with E-state index in [2.05, 4.69) is 6.58 Å². The molecule has 1 aliphatic heterocycles. The Hall–Kier alpha value is -1.32. The van der Waals surface area contributed by atoms with E-state index in [-0.39, 0.29) is 23.8 Å². The maximum atomic E-state index is 12.0. The molecule has 18 heavy (non-hydrogen) atoms. The SMILES string of the molecule is C=CC(=O)[C@@H]1CCN(C(=O)OC(C)(C)C)[C@H](C)C1. The van der Waals surface area contributed by atoms with Gasteiger partial charge < -0.3 is 9.64 Å². The van der Waals surface area contributed by atoms with Crippen LogP contribution in [0.4, 0.5) is 4.79 Å². The molecular weight excluding hydrogens is 230 g/mol. The molecule has 0 unspecified atom stereocenters. The van der Waals surface area contributed by atoms with Crippen molar-refractivity contribution in [1.82, 2.24) is 4.90 Å². The third-order valence-electron chi connectivity index (χ3n) is 3.11. The van der Waals surface area contributed by atoms with Gasteiger partial charge in [-0.15, -0.1) is 0 Å². The van der Waals surface area contributed by atoms with Crippen LogP contribution in [0.15, 0.2) is 12.7 Å². The zero-order valence-corrected chi connectivity index (χ0v) is 11.7. The predicted molar refractivity (Wildman–Crippen MR) is 70.3 cm³/mol. The Labute approximate surface area is 109 Å². The molecule has 2 atom stereocenters. The minimum Gasteiger partial charge on any atom is -0.444 e. The summed E-state index contributed by atoms with van der Waals surface area (Å²) in [6.45, 7) is 11.6. The molecule has 0 bridgehead atoms. The van der Waals surface area contributed by atoms with Crippen LogP contribution in [0.1, 0.15) is 40.5 Å². The fourth-order valence-corrected chi connectivity index (χ4v) is 2.19. The number of hydrogen-bond donors (Lipinski definition) is 0. The van der Waals surface area contributed by atoms with Gasteiger partial charge in [0.25, 0.3) is 0 Å². The molecule has 1 heterocycles. The second kappa shape index (κ2) is 5.55. The first-order valence-corrected chi connectivity index (χ1v) is 6.40. The molecule has 0 aliphatic carbocycles. The summed E-state index contributed by atoms with van der Waals surface area (Å²) in [5.41, 5.74) is -0.482. The number of carbonyl (C=O) groups excluding carboxylic acids is 2. The number of amides is 1. The quantitative estimate of drug-likeness (QED) is 0.711. The van der Waals surface area contributed by atoms with E-state index in [1.54, 1.807) is 4.90 Å². The molecule has 1 aliphatic rings. The molecule has 4 nitrogen and oxygen atoms in total. The van der Waals surface area contributed by atoms with Crippen LogP contribution in [-0.2, 0) is 9.53 Å². The van der Waals surface area contributed by atoms with Crippen molar-refractivity contribution in [3.8, 4) is 0 Å². The minimum atomic E-state index is -0.482. The molecule has 0 N–H and O–H groups in total. The van der Waals surface area contributed by atoms with E-state index in [1.807, 2.05) is 27.7 Å². The summed E-state index contributed by atoms with van der Waals surface area (Å²) in [6.07, 6.45) is 2.46. The van der Waals surface area contributed by atoms with Gasteiger partial charge in [-0.05, 0) is 46.6 Å². The Balaban J connectivity index is 2.60. The number of nitrogens with zero attached hydrogens (tertiary/aromatic N) is 1. The molecule has 1 saturated heterocycles. The Morgan fingerprint density at radius 1 is 1.39 bits per heavy atom. The number of carbonyl (C=O) groups is 2. The lowest BCUT2D eigenvalue weighted by molar-refractivity contribution is -0.120. The number of ether oxygens (including phenoxy) is 1. The van der Waals surface area contributed by atoms with E-state index in [0.717, 1.165) is 0 Å². The van der Waals surface area contributed by atoms with Gasteiger partial charge in [-0.25, -0.2) is 4.79 Å². The molecule has 1 rings (SSSR count). The molecule has 0 spiro atoms. The van der Waals surface area contributed by atoms with Crippen LogP contribution in [0.2, 0.25) is 0 Å². The van der Waals surface area contributed by atoms with Gasteiger partial charge in [-0.3, -0.25) is 4.79 Å². The molecule has 0 aromatic heterocycles. The van der Waals surface area contributed by atoms with Gasteiger partial charge in [0, 0.05) is 18.5 Å². The summed E-state index contributed by atoms with van der Waals surface area (Å²) in [7, 11) is 0. The van der Waals surface area contributed by atoms with Crippen molar-refractivity contribution in [2.45, 2.75) is 52.2 Å². The van der Waals surface area contributed by atoms with Crippen LogP contribution in [0.5, 0.6) is 0 Å². The van der Waals surface area contributed by atoms with Crippen molar-refractivity contribution in [3.05, 3.63) is 12.7 Å². The van der Waals surface area contributed by atoms with E-state index in [9.17, 15) is 9.59 Å². The summed E-state index contributed by atoms with van der Waals surface area (Å²) in [6, 6.07) is 0.0301. The zero-order chi connectivity index (χ0) is 13.9. The largest absolute Gasteiger partial charge is 0.444 e. The summed E-state index contributed by atoms with van der Waals surface area (Å²) < 4.78 is 5.35. The number of hydrogen-bond acceptors (Lipinski definition) is 3. The second-order valence-corrected chi connectivity index (χ2v) is 5.85. The second-order valence-electron chi connectivity index (χ2n) is 5.85. The maximum absolute atomic E-state index is 12.0. The van der Waals surface area contributed by atoms with Crippen LogP contribution in [0.25, 0.3) is 0 Å². The third kappa shape index (κ3) is 3.86. The molecule has 1 fully saturated rings. The molecule has 0 saturated carbocycles. The average molecular weight is 253 g/mol. The number of likely N-dealkylation sites (tertiary alicyclic amines) is 1. The Morgan fingerprint density at radius 2 is 2.00 bits per heavy atom. The van der Waals surface area contributed by atoms with Gasteiger partial charge in [0.1, 0.15) is 5.60 Å². The van der Waals surface area contributed by atoms with E-state index in [0.29, 0.717) is 19.4 Å². The first kappa shape index (κ1) is 14.7. The number of rotatable bonds is 2. The van der Waals surface area contributed by atoms with Crippen molar-refractivity contribution in [1.29, 1.82) is 0 Å². The topological polar surface area (TPSA) is 46.6 Å². The summed E-state index contributed by atoms with van der Waals surface area (Å²) >= 11 is 0. The summed E-state index contributed by atoms with van der Waals surface area (Å²) in [4.78, 5) is 25.2.